The summed E-state index contributed by atoms with van der Waals surface area (Å²) < 4.78 is 14.1. The maximum Gasteiger partial charge on any atom is 0.273 e. The Kier molecular flexibility index (Phi) is 4.41. The number of hydrogen-bond donors (Lipinski definition) is 1. The average molecular weight is 314 g/mol. The Morgan fingerprint density at radius 2 is 2.09 bits per heavy atom. The minimum atomic E-state index is -0.559. The van der Waals surface area contributed by atoms with Crippen LogP contribution in [0.1, 0.15) is 16.1 Å². The predicted octanol–water partition coefficient (Wildman–Crippen LogP) is 1.74. The molecule has 8 heteroatoms. The number of amides is 1. The number of halogens is 1. The summed E-state index contributed by atoms with van der Waals surface area (Å²) in [5, 5.41) is 10.5. The molecule has 7 nitrogen and oxygen atoms in total. The second-order valence-electron chi connectivity index (χ2n) is 4.85. The van der Waals surface area contributed by atoms with Gasteiger partial charge in [-0.15, -0.1) is 5.10 Å². The summed E-state index contributed by atoms with van der Waals surface area (Å²) in [4.78, 5) is 17.5. The third kappa shape index (κ3) is 3.60. The molecular weight excluding hydrogens is 299 g/mol. The molecular formula is C15H15FN6O. The van der Waals surface area contributed by atoms with Gasteiger partial charge in [0, 0.05) is 25.1 Å². The van der Waals surface area contributed by atoms with Crippen LogP contribution in [-0.2, 0) is 13.1 Å². The fraction of sp³-hybridized carbons (Fsp3) is 0.200. The number of nitrogens with zero attached hydrogens (tertiary/aromatic N) is 5. The largest absolute Gasteiger partial charge is 0.339 e. The van der Waals surface area contributed by atoms with Crippen LogP contribution >= 0.6 is 0 Å². The molecule has 0 radical (unpaired) electrons. The van der Waals surface area contributed by atoms with Crippen molar-refractivity contribution >= 4 is 11.7 Å². The van der Waals surface area contributed by atoms with Gasteiger partial charge in [-0.05, 0) is 29.8 Å². The van der Waals surface area contributed by atoms with E-state index in [1.807, 2.05) is 22.9 Å². The summed E-state index contributed by atoms with van der Waals surface area (Å²) in [7, 11) is 0. The molecule has 0 fully saturated rings. The fourth-order valence-electron chi connectivity index (χ4n) is 2.16. The Balaban J connectivity index is 1.71. The van der Waals surface area contributed by atoms with E-state index in [1.165, 1.54) is 11.0 Å². The Morgan fingerprint density at radius 1 is 1.26 bits per heavy atom. The average Bonchev–Trinajstić information content (AvgIpc) is 3.18. The third-order valence-electron chi connectivity index (χ3n) is 3.23. The maximum atomic E-state index is 12.4. The van der Waals surface area contributed by atoms with Crippen molar-refractivity contribution in [2.45, 2.75) is 13.1 Å². The van der Waals surface area contributed by atoms with Crippen molar-refractivity contribution in [2.75, 3.05) is 12.0 Å². The van der Waals surface area contributed by atoms with Crippen LogP contribution in [0, 0.1) is 0 Å². The van der Waals surface area contributed by atoms with Crippen LogP contribution in [0.5, 0.6) is 0 Å². The minimum absolute atomic E-state index is 0.0638. The van der Waals surface area contributed by atoms with E-state index in [4.69, 9.17) is 0 Å². The standard InChI is InChI=1S/C15H15FN6O/c16-5-9-22-18-10-14(20-22)19-15(23)13-2-1-8-21(13)11-12-3-6-17-7-4-12/h1-4,6-8,10H,5,9,11H2,(H,19,20,23). The lowest BCUT2D eigenvalue weighted by Gasteiger charge is -2.08. The summed E-state index contributed by atoms with van der Waals surface area (Å²) in [5.74, 6) is -0.00327. The van der Waals surface area contributed by atoms with Gasteiger partial charge in [-0.2, -0.15) is 9.90 Å². The zero-order valence-corrected chi connectivity index (χ0v) is 12.3. The van der Waals surface area contributed by atoms with E-state index in [-0.39, 0.29) is 12.5 Å². The minimum Gasteiger partial charge on any atom is -0.339 e. The first-order valence-corrected chi connectivity index (χ1v) is 7.08. The molecule has 0 saturated heterocycles. The number of alkyl halides is 1. The second kappa shape index (κ2) is 6.82. The van der Waals surface area contributed by atoms with Gasteiger partial charge in [-0.1, -0.05) is 0 Å². The smallest absolute Gasteiger partial charge is 0.273 e. The molecule has 0 unspecified atom stereocenters. The lowest BCUT2D eigenvalue weighted by Crippen LogP contribution is -2.17. The van der Waals surface area contributed by atoms with Gasteiger partial charge in [0.1, 0.15) is 12.4 Å². The van der Waals surface area contributed by atoms with E-state index in [9.17, 15) is 9.18 Å². The zero-order chi connectivity index (χ0) is 16.1. The Bertz CT molecular complexity index is 782. The molecule has 0 saturated carbocycles. The zero-order valence-electron chi connectivity index (χ0n) is 12.3. The second-order valence-corrected chi connectivity index (χ2v) is 4.85. The van der Waals surface area contributed by atoms with Crippen molar-refractivity contribution < 1.29 is 9.18 Å². The van der Waals surface area contributed by atoms with Gasteiger partial charge in [0.05, 0.1) is 12.7 Å². The summed E-state index contributed by atoms with van der Waals surface area (Å²) in [6, 6.07) is 7.31. The number of carbonyl (C=O) groups excluding carboxylic acids is 1. The normalized spacial score (nSPS) is 10.7. The number of rotatable bonds is 6. The molecule has 23 heavy (non-hydrogen) atoms. The Labute approximate surface area is 131 Å². The maximum absolute atomic E-state index is 12.4. The molecule has 0 aliphatic carbocycles. The van der Waals surface area contributed by atoms with Crippen LogP contribution in [0.15, 0.2) is 49.1 Å². The number of pyridine rings is 1. The van der Waals surface area contributed by atoms with Crippen LogP contribution in [0.2, 0.25) is 0 Å². The van der Waals surface area contributed by atoms with E-state index >= 15 is 0 Å². The number of carbonyl (C=O) groups is 1. The van der Waals surface area contributed by atoms with Crippen molar-refractivity contribution in [3.63, 3.8) is 0 Å². The molecule has 3 rings (SSSR count). The molecule has 0 spiro atoms. The van der Waals surface area contributed by atoms with Crippen LogP contribution in [0.3, 0.4) is 0 Å². The molecule has 1 amide bonds. The van der Waals surface area contributed by atoms with Crippen molar-refractivity contribution in [1.29, 1.82) is 0 Å². The Morgan fingerprint density at radius 3 is 2.87 bits per heavy atom. The van der Waals surface area contributed by atoms with E-state index in [2.05, 4.69) is 20.5 Å². The lowest BCUT2D eigenvalue weighted by molar-refractivity contribution is 0.101. The third-order valence-corrected chi connectivity index (χ3v) is 3.23. The van der Waals surface area contributed by atoms with Crippen LogP contribution in [-0.4, -0.2) is 37.1 Å². The van der Waals surface area contributed by atoms with Gasteiger partial charge in [0.15, 0.2) is 5.82 Å². The highest BCUT2D eigenvalue weighted by molar-refractivity contribution is 6.02. The van der Waals surface area contributed by atoms with Crippen LogP contribution in [0.4, 0.5) is 10.2 Å². The van der Waals surface area contributed by atoms with Gasteiger partial charge in [-0.25, -0.2) is 4.39 Å². The SMILES string of the molecule is O=C(Nc1cnn(CCF)n1)c1cccn1Cc1ccncc1. The van der Waals surface area contributed by atoms with E-state index < -0.39 is 6.67 Å². The van der Waals surface area contributed by atoms with Crippen LogP contribution < -0.4 is 5.32 Å². The Hall–Kier alpha value is -3.03. The molecule has 3 heterocycles. The molecule has 0 aromatic carbocycles. The molecule has 1 N–H and O–H groups in total. The summed E-state index contributed by atoms with van der Waals surface area (Å²) in [6.45, 7) is 0.0674. The quantitative estimate of drug-likeness (QED) is 0.752. The van der Waals surface area contributed by atoms with Gasteiger partial charge in [-0.3, -0.25) is 9.78 Å². The first-order chi connectivity index (χ1) is 11.3. The fourth-order valence-corrected chi connectivity index (χ4v) is 2.16. The number of nitrogens with one attached hydrogen (secondary N) is 1. The summed E-state index contributed by atoms with van der Waals surface area (Å²) in [6.07, 6.45) is 6.64. The first kappa shape index (κ1) is 14.9. The monoisotopic (exact) mass is 314 g/mol. The van der Waals surface area contributed by atoms with Gasteiger partial charge < -0.3 is 9.88 Å². The molecule has 0 aliphatic heterocycles. The lowest BCUT2D eigenvalue weighted by atomic mass is 10.2. The first-order valence-electron chi connectivity index (χ1n) is 7.08. The van der Waals surface area contributed by atoms with Gasteiger partial charge >= 0.3 is 0 Å². The number of hydrogen-bond acceptors (Lipinski definition) is 4. The predicted molar refractivity (Wildman–Crippen MR) is 81.7 cm³/mol. The molecule has 3 aromatic rings. The van der Waals surface area contributed by atoms with Crippen LogP contribution in [0.25, 0.3) is 0 Å². The number of aromatic nitrogens is 5. The number of aryl methyl sites for hydroxylation is 1. The highest BCUT2D eigenvalue weighted by Crippen LogP contribution is 2.10. The summed E-state index contributed by atoms with van der Waals surface area (Å²) in [5.41, 5.74) is 1.54. The molecule has 118 valence electrons. The summed E-state index contributed by atoms with van der Waals surface area (Å²) >= 11 is 0. The van der Waals surface area contributed by atoms with Crippen molar-refractivity contribution in [3.05, 3.63) is 60.3 Å². The van der Waals surface area contributed by atoms with Crippen molar-refractivity contribution in [1.82, 2.24) is 24.5 Å². The van der Waals surface area contributed by atoms with Crippen molar-refractivity contribution in [3.8, 4) is 0 Å². The molecule has 0 aliphatic rings. The van der Waals surface area contributed by atoms with Gasteiger partial charge in [0.25, 0.3) is 5.91 Å². The number of anilines is 1. The molecule has 0 atom stereocenters. The van der Waals surface area contributed by atoms with E-state index in [0.717, 1.165) is 5.56 Å². The van der Waals surface area contributed by atoms with Gasteiger partial charge in [0.2, 0.25) is 0 Å². The highest BCUT2D eigenvalue weighted by Gasteiger charge is 2.13. The van der Waals surface area contributed by atoms with E-state index in [0.29, 0.717) is 18.1 Å². The van der Waals surface area contributed by atoms with Crippen molar-refractivity contribution in [2.24, 2.45) is 0 Å². The topological polar surface area (TPSA) is 77.6 Å². The highest BCUT2D eigenvalue weighted by atomic mass is 19.1. The molecule has 0 bridgehead atoms. The molecule has 3 aromatic heterocycles. The van der Waals surface area contributed by atoms with E-state index in [1.54, 1.807) is 24.5 Å².